The summed E-state index contributed by atoms with van der Waals surface area (Å²) in [6.07, 6.45) is 0. The smallest absolute Gasteiger partial charge is 0.340 e. The Labute approximate surface area is 172 Å². The third-order valence-corrected chi connectivity index (χ3v) is 5.26. The van der Waals surface area contributed by atoms with Crippen LogP contribution in [0.1, 0.15) is 17.3 Å². The van der Waals surface area contributed by atoms with Gasteiger partial charge in [-0.25, -0.2) is 9.79 Å². The fraction of sp³-hybridized carbons (Fsp3) is 0.136. The summed E-state index contributed by atoms with van der Waals surface area (Å²) in [5, 5.41) is 8.92. The molecule has 0 unspecified atom stereocenters. The van der Waals surface area contributed by atoms with Crippen LogP contribution >= 0.6 is 11.8 Å². The molecule has 1 heterocycles. The summed E-state index contributed by atoms with van der Waals surface area (Å²) in [5.74, 6) is -0.534. The molecule has 1 aliphatic heterocycles. The van der Waals surface area contributed by atoms with Gasteiger partial charge in [-0.05, 0) is 36.6 Å². The number of hydrogen-bond acceptors (Lipinski definition) is 6. The van der Waals surface area contributed by atoms with Gasteiger partial charge in [0.2, 0.25) is 5.91 Å². The average Bonchev–Trinajstić information content (AvgIpc) is 2.73. The molecule has 7 heteroatoms. The van der Waals surface area contributed by atoms with Gasteiger partial charge in [-0.3, -0.25) is 4.79 Å². The van der Waals surface area contributed by atoms with Crippen LogP contribution < -0.4 is 10.6 Å². The van der Waals surface area contributed by atoms with Crippen molar-refractivity contribution in [3.63, 3.8) is 0 Å². The van der Waals surface area contributed by atoms with Gasteiger partial charge in [0.15, 0.2) is 5.17 Å². The number of ether oxygens (including phenoxy) is 1. The molecule has 6 nitrogen and oxygen atoms in total. The summed E-state index contributed by atoms with van der Waals surface area (Å²) >= 11 is 1.31. The average molecular weight is 405 g/mol. The van der Waals surface area contributed by atoms with Crippen LogP contribution in [0.25, 0.3) is 10.8 Å². The molecule has 3 aromatic rings. The Morgan fingerprint density at radius 3 is 2.69 bits per heavy atom. The van der Waals surface area contributed by atoms with E-state index in [1.807, 2.05) is 36.4 Å². The van der Waals surface area contributed by atoms with Gasteiger partial charge in [-0.15, -0.1) is 0 Å². The van der Waals surface area contributed by atoms with E-state index in [0.29, 0.717) is 16.4 Å². The van der Waals surface area contributed by atoms with Crippen LogP contribution in [0.5, 0.6) is 0 Å². The number of esters is 1. The number of benzene rings is 3. The van der Waals surface area contributed by atoms with Crippen molar-refractivity contribution < 1.29 is 14.3 Å². The Morgan fingerprint density at radius 1 is 1.07 bits per heavy atom. The monoisotopic (exact) mass is 405 g/mol. The van der Waals surface area contributed by atoms with Crippen LogP contribution in [0.2, 0.25) is 0 Å². The van der Waals surface area contributed by atoms with Crippen LogP contribution in [0, 0.1) is 0 Å². The zero-order valence-electron chi connectivity index (χ0n) is 15.8. The zero-order valence-corrected chi connectivity index (χ0v) is 16.6. The number of aliphatic imine (C=N–C) groups is 1. The Bertz CT molecular complexity index is 1120. The standard InChI is InChI=1S/C22H19N3O3S/c1-2-28-21(27)15-9-3-4-10-16(15)23-19(26)13-29-22-24-17-11-5-7-14-8-6-12-18(25-22)20(14)17/h3-12H,2,13H2,1H3,(H,23,26)(H,24,25). The van der Waals surface area contributed by atoms with E-state index in [1.165, 1.54) is 11.8 Å². The summed E-state index contributed by atoms with van der Waals surface area (Å²) in [5.41, 5.74) is 2.63. The van der Waals surface area contributed by atoms with Crippen molar-refractivity contribution >= 4 is 56.6 Å². The Morgan fingerprint density at radius 2 is 1.86 bits per heavy atom. The number of amides is 1. The number of nitrogens with one attached hydrogen (secondary N) is 2. The number of hydrogen-bond donors (Lipinski definition) is 2. The highest BCUT2D eigenvalue weighted by Crippen LogP contribution is 2.36. The first-order valence-electron chi connectivity index (χ1n) is 9.22. The van der Waals surface area contributed by atoms with Crippen LogP contribution in [-0.4, -0.2) is 29.4 Å². The van der Waals surface area contributed by atoms with E-state index in [9.17, 15) is 9.59 Å². The molecule has 0 bridgehead atoms. The first kappa shape index (κ1) is 19.0. The molecule has 0 radical (unpaired) electrons. The number of amidine groups is 1. The summed E-state index contributed by atoms with van der Waals surface area (Å²) in [6.45, 7) is 2.02. The predicted octanol–water partition coefficient (Wildman–Crippen LogP) is 4.80. The summed E-state index contributed by atoms with van der Waals surface area (Å²) in [6, 6.07) is 18.8. The second-order valence-electron chi connectivity index (χ2n) is 6.33. The topological polar surface area (TPSA) is 79.8 Å². The maximum atomic E-state index is 12.5. The molecule has 1 aliphatic rings. The predicted molar refractivity (Wildman–Crippen MR) is 118 cm³/mol. The molecule has 0 aromatic heterocycles. The number of rotatable bonds is 5. The van der Waals surface area contributed by atoms with Gasteiger partial charge in [-0.1, -0.05) is 48.2 Å². The second kappa shape index (κ2) is 8.36. The highest BCUT2D eigenvalue weighted by atomic mass is 32.2. The maximum absolute atomic E-state index is 12.5. The van der Waals surface area contributed by atoms with Crippen molar-refractivity contribution in [1.29, 1.82) is 0 Å². The fourth-order valence-corrected chi connectivity index (χ4v) is 3.82. The Balaban J connectivity index is 1.44. The lowest BCUT2D eigenvalue weighted by molar-refractivity contribution is -0.113. The number of carbonyl (C=O) groups is 2. The lowest BCUT2D eigenvalue weighted by Gasteiger charge is -2.18. The van der Waals surface area contributed by atoms with Crippen molar-refractivity contribution in [1.82, 2.24) is 0 Å². The molecule has 0 spiro atoms. The van der Waals surface area contributed by atoms with Crippen molar-refractivity contribution in [2.75, 3.05) is 23.0 Å². The Kier molecular flexibility index (Phi) is 5.48. The van der Waals surface area contributed by atoms with E-state index in [2.05, 4.69) is 15.6 Å². The lowest BCUT2D eigenvalue weighted by Crippen LogP contribution is -2.20. The number of thioether (sulfide) groups is 1. The van der Waals surface area contributed by atoms with Crippen LogP contribution in [0.15, 0.2) is 65.7 Å². The van der Waals surface area contributed by atoms with Gasteiger partial charge in [0, 0.05) is 5.39 Å². The van der Waals surface area contributed by atoms with Gasteiger partial charge >= 0.3 is 5.97 Å². The minimum atomic E-state index is -0.459. The minimum absolute atomic E-state index is 0.154. The molecule has 0 saturated carbocycles. The molecular weight excluding hydrogens is 386 g/mol. The molecule has 0 atom stereocenters. The highest BCUT2D eigenvalue weighted by molar-refractivity contribution is 8.14. The molecule has 146 valence electrons. The minimum Gasteiger partial charge on any atom is -0.462 e. The van der Waals surface area contributed by atoms with E-state index in [1.54, 1.807) is 31.2 Å². The zero-order chi connectivity index (χ0) is 20.2. The first-order chi connectivity index (χ1) is 14.2. The number of carbonyl (C=O) groups excluding carboxylic acids is 2. The number of anilines is 2. The van der Waals surface area contributed by atoms with Gasteiger partial charge < -0.3 is 15.4 Å². The molecule has 29 heavy (non-hydrogen) atoms. The summed E-state index contributed by atoms with van der Waals surface area (Å²) in [7, 11) is 0. The third kappa shape index (κ3) is 4.09. The van der Waals surface area contributed by atoms with Gasteiger partial charge in [0.25, 0.3) is 0 Å². The van der Waals surface area contributed by atoms with E-state index < -0.39 is 5.97 Å². The van der Waals surface area contributed by atoms with Gasteiger partial charge in [0.05, 0.1) is 35.0 Å². The second-order valence-corrected chi connectivity index (χ2v) is 7.29. The molecule has 0 fully saturated rings. The van der Waals surface area contributed by atoms with Crippen molar-refractivity contribution in [2.24, 2.45) is 4.99 Å². The SMILES string of the molecule is CCOC(=O)c1ccccc1NC(=O)CSC1=Nc2cccc3cccc(c23)N1. The number of para-hydroxylation sites is 1. The van der Waals surface area contributed by atoms with Crippen molar-refractivity contribution in [3.8, 4) is 0 Å². The van der Waals surface area contributed by atoms with Crippen LogP contribution in [0.3, 0.4) is 0 Å². The molecule has 0 aliphatic carbocycles. The molecule has 1 amide bonds. The molecule has 4 rings (SSSR count). The van der Waals surface area contributed by atoms with Crippen molar-refractivity contribution in [3.05, 3.63) is 66.2 Å². The van der Waals surface area contributed by atoms with Crippen molar-refractivity contribution in [2.45, 2.75) is 6.92 Å². The maximum Gasteiger partial charge on any atom is 0.340 e. The normalized spacial score (nSPS) is 12.1. The summed E-state index contributed by atoms with van der Waals surface area (Å²) in [4.78, 5) is 29.1. The molecule has 0 saturated heterocycles. The van der Waals surface area contributed by atoms with Gasteiger partial charge in [-0.2, -0.15) is 0 Å². The lowest BCUT2D eigenvalue weighted by atomic mass is 10.1. The summed E-state index contributed by atoms with van der Waals surface area (Å²) < 4.78 is 5.04. The van der Waals surface area contributed by atoms with Gasteiger partial charge in [0.1, 0.15) is 0 Å². The van der Waals surface area contributed by atoms with Crippen LogP contribution in [-0.2, 0) is 9.53 Å². The van der Waals surface area contributed by atoms with E-state index in [-0.39, 0.29) is 18.3 Å². The van der Waals surface area contributed by atoms with E-state index in [0.717, 1.165) is 22.1 Å². The third-order valence-electron chi connectivity index (χ3n) is 4.38. The highest BCUT2D eigenvalue weighted by Gasteiger charge is 2.17. The molecular formula is C22H19N3O3S. The molecule has 2 N–H and O–H groups in total. The Hall–Kier alpha value is -3.32. The largest absolute Gasteiger partial charge is 0.462 e. The fourth-order valence-electron chi connectivity index (χ4n) is 3.14. The quantitative estimate of drug-likeness (QED) is 0.596. The van der Waals surface area contributed by atoms with E-state index >= 15 is 0 Å². The van der Waals surface area contributed by atoms with Crippen LogP contribution in [0.4, 0.5) is 17.1 Å². The first-order valence-corrected chi connectivity index (χ1v) is 10.2. The molecule has 3 aromatic carbocycles. The number of nitrogens with zero attached hydrogens (tertiary/aromatic N) is 1. The van der Waals surface area contributed by atoms with E-state index in [4.69, 9.17) is 4.74 Å².